The molecule has 0 unspecified atom stereocenters. The molecule has 0 radical (unpaired) electrons. The third-order valence-electron chi connectivity index (χ3n) is 1.03. The Morgan fingerprint density at radius 1 is 1.30 bits per heavy atom. The van der Waals surface area contributed by atoms with Crippen LogP contribution in [0.15, 0.2) is 0 Å². The molecule has 0 spiro atoms. The number of hydroxylamine groups is 2. The molecule has 0 aliphatic carbocycles. The Hall–Kier alpha value is -1.41. The maximum absolute atomic E-state index is 10.2. The molecule has 2 amide bonds. The molecule has 1 aliphatic rings. The number of nitriles is 1. The van der Waals surface area contributed by atoms with E-state index in [1.54, 1.807) is 0 Å². The fraction of sp³-hybridized carbons (Fsp3) is 0.400. The molecule has 5 nitrogen and oxygen atoms in total. The van der Waals surface area contributed by atoms with E-state index in [2.05, 4.69) is 6.57 Å². The molecule has 0 atom stereocenters. The van der Waals surface area contributed by atoms with Gasteiger partial charge in [-0.15, -0.1) is 0 Å². The van der Waals surface area contributed by atoms with Gasteiger partial charge in [-0.1, -0.05) is 0 Å². The van der Waals surface area contributed by atoms with Gasteiger partial charge in [-0.25, -0.2) is 5.26 Å². The zero-order valence-electron chi connectivity index (χ0n) is 5.15. The maximum Gasteiger partial charge on any atom is 0.253 e. The first kappa shape index (κ1) is 8.59. The van der Waals surface area contributed by atoms with Gasteiger partial charge in [0, 0.05) is 19.4 Å². The van der Waals surface area contributed by atoms with Crippen LogP contribution in [0.25, 0.3) is 0 Å². The van der Waals surface area contributed by atoms with Crippen LogP contribution in [0.5, 0.6) is 0 Å². The fourth-order valence-electron chi connectivity index (χ4n) is 0.565. The smallest absolute Gasteiger partial charge is 0.253 e. The second-order valence-electron chi connectivity index (χ2n) is 1.60. The van der Waals surface area contributed by atoms with E-state index in [1.807, 2.05) is 0 Å². The summed E-state index contributed by atoms with van der Waals surface area (Å²) >= 11 is 0. The number of rotatable bonds is 0. The average Bonchev–Trinajstić information content (AvgIpc) is 2.25. The van der Waals surface area contributed by atoms with E-state index in [0.29, 0.717) is 0 Å². The lowest BCUT2D eigenvalue weighted by molar-refractivity contribution is -0.171. The summed E-state index contributed by atoms with van der Waals surface area (Å²) in [5, 5.41) is 15.1. The molecule has 10 heavy (non-hydrogen) atoms. The van der Waals surface area contributed by atoms with Crippen molar-refractivity contribution in [3.05, 3.63) is 0 Å². The van der Waals surface area contributed by atoms with E-state index < -0.39 is 11.8 Å². The molecule has 1 saturated heterocycles. The van der Waals surface area contributed by atoms with Crippen molar-refractivity contribution in [2.45, 2.75) is 12.8 Å². The lowest BCUT2D eigenvalue weighted by Gasteiger charge is -1.98. The minimum absolute atomic E-state index is 0.148. The van der Waals surface area contributed by atoms with E-state index in [4.69, 9.17) is 10.5 Å². The van der Waals surface area contributed by atoms with Crippen LogP contribution in [-0.2, 0) is 9.59 Å². The summed E-state index contributed by atoms with van der Waals surface area (Å²) in [5.74, 6) is -1.01. The summed E-state index contributed by atoms with van der Waals surface area (Å²) in [6.07, 6.45) is 0.296. The van der Waals surface area contributed by atoms with E-state index in [0.717, 1.165) is 0 Å². The third-order valence-corrected chi connectivity index (χ3v) is 1.03. The van der Waals surface area contributed by atoms with Crippen LogP contribution >= 0.6 is 0 Å². The zero-order chi connectivity index (χ0) is 8.15. The molecule has 0 aromatic rings. The van der Waals surface area contributed by atoms with Gasteiger partial charge in [0.25, 0.3) is 11.8 Å². The SMILES string of the molecule is C#N.O=C1CCC(=O)N1O. The molecule has 1 fully saturated rings. The first-order valence-electron chi connectivity index (χ1n) is 2.52. The predicted molar refractivity (Wildman–Crippen MR) is 29.5 cm³/mol. The maximum atomic E-state index is 10.2. The Kier molecular flexibility index (Phi) is 3.08. The van der Waals surface area contributed by atoms with Crippen molar-refractivity contribution in [1.29, 1.82) is 5.26 Å². The molecule has 1 N–H and O–H groups in total. The Bertz CT molecular complexity index is 159. The van der Waals surface area contributed by atoms with Crippen LogP contribution in [0.2, 0.25) is 0 Å². The van der Waals surface area contributed by atoms with Crippen molar-refractivity contribution < 1.29 is 14.8 Å². The highest BCUT2D eigenvalue weighted by molar-refractivity contribution is 6.00. The molecule has 0 saturated carbocycles. The summed E-state index contributed by atoms with van der Waals surface area (Å²) in [7, 11) is 0. The van der Waals surface area contributed by atoms with Crippen LogP contribution in [0.3, 0.4) is 0 Å². The van der Waals surface area contributed by atoms with Gasteiger partial charge < -0.3 is 0 Å². The first-order valence-corrected chi connectivity index (χ1v) is 2.52. The van der Waals surface area contributed by atoms with Crippen LogP contribution in [0, 0.1) is 11.8 Å². The molecule has 0 aromatic carbocycles. The van der Waals surface area contributed by atoms with Crippen molar-refractivity contribution in [2.75, 3.05) is 0 Å². The zero-order valence-corrected chi connectivity index (χ0v) is 5.15. The summed E-state index contributed by atoms with van der Waals surface area (Å²) < 4.78 is 0. The number of carbonyl (C=O) groups is 2. The van der Waals surface area contributed by atoms with Gasteiger partial charge in [0.05, 0.1) is 0 Å². The summed E-state index contributed by atoms with van der Waals surface area (Å²) in [6.45, 7) is 3.50. The topological polar surface area (TPSA) is 81.4 Å². The molecule has 5 heteroatoms. The number of amides is 2. The third kappa shape index (κ3) is 1.53. The lowest BCUT2D eigenvalue weighted by Crippen LogP contribution is -2.24. The normalized spacial score (nSPS) is 16.5. The number of carbonyl (C=O) groups excluding carboxylic acids is 2. The largest absolute Gasteiger partial charge is 0.279 e. The number of nitrogens with zero attached hydrogens (tertiary/aromatic N) is 2. The minimum Gasteiger partial charge on any atom is -0.279 e. The van der Waals surface area contributed by atoms with Gasteiger partial charge in [0.1, 0.15) is 0 Å². The molecular formula is C5H6N2O3. The standard InChI is InChI=1S/C4H5NO3.CHN/c6-3-1-2-4(7)5(3)8;1-2/h8H,1-2H2;1H. The van der Waals surface area contributed by atoms with E-state index in [1.165, 1.54) is 0 Å². The molecule has 1 heterocycles. The summed E-state index contributed by atoms with van der Waals surface area (Å²) in [5.41, 5.74) is 0. The highest BCUT2D eigenvalue weighted by atomic mass is 16.5. The molecule has 0 bridgehead atoms. The quantitative estimate of drug-likeness (QED) is 0.370. The Morgan fingerprint density at radius 2 is 1.60 bits per heavy atom. The Balaban J connectivity index is 0.000000371. The fourth-order valence-corrected chi connectivity index (χ4v) is 0.565. The van der Waals surface area contributed by atoms with Gasteiger partial charge in [-0.2, -0.15) is 5.06 Å². The number of imide groups is 1. The van der Waals surface area contributed by atoms with Crippen molar-refractivity contribution in [3.63, 3.8) is 0 Å². The van der Waals surface area contributed by atoms with Crippen molar-refractivity contribution >= 4 is 11.8 Å². The Labute approximate surface area is 57.4 Å². The van der Waals surface area contributed by atoms with Gasteiger partial charge in [-0.3, -0.25) is 14.8 Å². The molecular weight excluding hydrogens is 136 g/mol. The van der Waals surface area contributed by atoms with Crippen LogP contribution in [0.4, 0.5) is 0 Å². The molecule has 1 aliphatic heterocycles. The molecule has 0 aromatic heterocycles. The molecule has 1 rings (SSSR count). The van der Waals surface area contributed by atoms with E-state index in [9.17, 15) is 9.59 Å². The summed E-state index contributed by atoms with van der Waals surface area (Å²) in [6, 6.07) is 0. The predicted octanol–water partition coefficient (Wildman–Crippen LogP) is -0.336. The van der Waals surface area contributed by atoms with Crippen LogP contribution < -0.4 is 0 Å². The highest BCUT2D eigenvalue weighted by Crippen LogP contribution is 2.06. The average molecular weight is 142 g/mol. The minimum atomic E-state index is -0.505. The van der Waals surface area contributed by atoms with Gasteiger partial charge >= 0.3 is 0 Å². The van der Waals surface area contributed by atoms with E-state index >= 15 is 0 Å². The van der Waals surface area contributed by atoms with E-state index in [-0.39, 0.29) is 17.9 Å². The first-order chi connectivity index (χ1) is 4.72. The number of hydrogen-bond acceptors (Lipinski definition) is 4. The van der Waals surface area contributed by atoms with Crippen LogP contribution in [-0.4, -0.2) is 22.1 Å². The molecule has 54 valence electrons. The van der Waals surface area contributed by atoms with Crippen molar-refractivity contribution in [2.24, 2.45) is 0 Å². The van der Waals surface area contributed by atoms with Gasteiger partial charge in [0.15, 0.2) is 0 Å². The van der Waals surface area contributed by atoms with Gasteiger partial charge in [-0.05, 0) is 0 Å². The summed E-state index contributed by atoms with van der Waals surface area (Å²) in [4.78, 5) is 20.5. The Morgan fingerprint density at radius 3 is 1.70 bits per heavy atom. The lowest BCUT2D eigenvalue weighted by atomic mass is 10.4. The second-order valence-corrected chi connectivity index (χ2v) is 1.60. The number of hydrogen-bond donors (Lipinski definition) is 1. The highest BCUT2D eigenvalue weighted by Gasteiger charge is 2.26. The van der Waals surface area contributed by atoms with Crippen molar-refractivity contribution in [3.8, 4) is 6.57 Å². The monoisotopic (exact) mass is 142 g/mol. The van der Waals surface area contributed by atoms with Gasteiger partial charge in [0.2, 0.25) is 0 Å². The second kappa shape index (κ2) is 3.58. The van der Waals surface area contributed by atoms with Crippen molar-refractivity contribution in [1.82, 2.24) is 5.06 Å². The van der Waals surface area contributed by atoms with Crippen LogP contribution in [0.1, 0.15) is 12.8 Å².